The quantitative estimate of drug-likeness (QED) is 0.282. The van der Waals surface area contributed by atoms with Gasteiger partial charge in [0.15, 0.2) is 28.8 Å². The molecule has 0 heterocycles. The predicted molar refractivity (Wildman–Crippen MR) is 194 cm³/mol. The van der Waals surface area contributed by atoms with Gasteiger partial charge in [-0.2, -0.15) is 0 Å². The van der Waals surface area contributed by atoms with E-state index in [0.717, 1.165) is 18.4 Å². The molecule has 0 aromatic rings. The molecule has 14 atom stereocenters. The third-order valence-corrected chi connectivity index (χ3v) is 17.2. The zero-order chi connectivity index (χ0) is 39.6. The van der Waals surface area contributed by atoms with Crippen LogP contribution in [0.2, 0.25) is 0 Å². The number of carbonyl (C=O) groups excluding carboxylic acids is 5. The Hall–Kier alpha value is -2.70. The van der Waals surface area contributed by atoms with Gasteiger partial charge >= 0.3 is 0 Å². The fraction of sp³-hybridized carbons (Fsp3) is 0.744. The molecule has 10 nitrogen and oxygen atoms in total. The maximum absolute atomic E-state index is 16.9. The van der Waals surface area contributed by atoms with Gasteiger partial charge in [-0.05, 0) is 112 Å². The van der Waals surface area contributed by atoms with Crippen molar-refractivity contribution in [1.29, 1.82) is 0 Å². The van der Waals surface area contributed by atoms with Crippen LogP contribution in [0, 0.1) is 57.2 Å². The van der Waals surface area contributed by atoms with E-state index in [4.69, 9.17) is 0 Å². The van der Waals surface area contributed by atoms with E-state index in [1.807, 2.05) is 6.92 Å². The molecule has 0 aromatic heterocycles. The van der Waals surface area contributed by atoms with Crippen molar-refractivity contribution in [2.24, 2.45) is 57.2 Å². The van der Waals surface area contributed by atoms with Gasteiger partial charge in [0.2, 0.25) is 0 Å². The summed E-state index contributed by atoms with van der Waals surface area (Å²) in [5, 5.41) is 52.4. The van der Waals surface area contributed by atoms with Gasteiger partial charge < -0.3 is 25.5 Å². The molecule has 6 fully saturated rings. The lowest BCUT2D eigenvalue weighted by molar-refractivity contribution is -0.219. The maximum atomic E-state index is 16.9. The van der Waals surface area contributed by atoms with Crippen molar-refractivity contribution in [3.8, 4) is 0 Å². The predicted octanol–water partition coefficient (Wildman–Crippen LogP) is 3.89. The molecule has 0 bridgehead atoms. The number of allylic oxidation sites excluding steroid dienone is 5. The molecule has 0 aliphatic heterocycles. The van der Waals surface area contributed by atoms with Crippen LogP contribution >= 0.6 is 0 Å². The van der Waals surface area contributed by atoms with Crippen molar-refractivity contribution < 1.29 is 53.9 Å². The Kier molecular flexibility index (Phi) is 9.26. The van der Waals surface area contributed by atoms with E-state index in [1.54, 1.807) is 32.9 Å². The number of aliphatic hydroxyl groups is 5. The van der Waals surface area contributed by atoms with Gasteiger partial charge in [0.05, 0.1) is 6.10 Å². The van der Waals surface area contributed by atoms with Crippen molar-refractivity contribution in [2.75, 3.05) is 13.2 Å². The first kappa shape index (κ1) is 39.5. The summed E-state index contributed by atoms with van der Waals surface area (Å²) in [6.07, 6.45) is 10.3. The number of hydrogen-bond acceptors (Lipinski definition) is 10. The first-order valence-electron chi connectivity index (χ1n) is 19.9. The highest BCUT2D eigenvalue weighted by Crippen LogP contribution is 2.71. The minimum atomic E-state index is -1.98. The first-order chi connectivity index (χ1) is 25.1. The highest BCUT2D eigenvalue weighted by atomic mass is 19.1. The van der Waals surface area contributed by atoms with E-state index in [0.29, 0.717) is 50.5 Å². The molecule has 0 unspecified atom stereocenters. The van der Waals surface area contributed by atoms with Crippen LogP contribution in [0.3, 0.4) is 0 Å². The molecular formula is C43H57FO10. The van der Waals surface area contributed by atoms with E-state index in [9.17, 15) is 49.5 Å². The van der Waals surface area contributed by atoms with Crippen LogP contribution in [0.4, 0.5) is 4.39 Å². The Bertz CT molecular complexity index is 1780. The number of alkyl halides is 1. The molecule has 0 saturated heterocycles. The average molecular weight is 753 g/mol. The first-order valence-corrected chi connectivity index (χ1v) is 19.9. The van der Waals surface area contributed by atoms with E-state index >= 15 is 4.39 Å². The zero-order valence-corrected chi connectivity index (χ0v) is 32.2. The maximum Gasteiger partial charge on any atom is 0.190 e. The molecule has 8 aliphatic carbocycles. The lowest BCUT2D eigenvalue weighted by Gasteiger charge is -2.62. The third-order valence-electron chi connectivity index (χ3n) is 17.2. The monoisotopic (exact) mass is 752 g/mol. The van der Waals surface area contributed by atoms with E-state index < -0.39 is 75.8 Å². The van der Waals surface area contributed by atoms with Crippen molar-refractivity contribution in [3.63, 3.8) is 0 Å². The fourth-order valence-corrected chi connectivity index (χ4v) is 14.2. The Morgan fingerprint density at radius 1 is 0.833 bits per heavy atom. The topological polar surface area (TPSA) is 186 Å². The number of rotatable bonds is 4. The number of halogens is 1. The van der Waals surface area contributed by atoms with Crippen LogP contribution in [-0.4, -0.2) is 90.6 Å². The highest BCUT2D eigenvalue weighted by molar-refractivity contribution is 6.01. The smallest absolute Gasteiger partial charge is 0.190 e. The molecule has 296 valence electrons. The SMILES string of the molecule is C[C@H]1C[C@H]2[C@@H]3CCC4=CC(=O)C=C[C@]4(C)[C@@]3(F)[C@@H](O)C[C@]2(C)[C@@]1(O)C(=O)CO.C[C@]12CCC(=O)C=C1CC[C@@H]1[C@@H]2C(=O)C[C@@]2(C)[C@H]1CC[C@]2(O)C(=O)CO. The summed E-state index contributed by atoms with van der Waals surface area (Å²) in [5.74, 6) is -2.29. The van der Waals surface area contributed by atoms with Gasteiger partial charge in [0.25, 0.3) is 0 Å². The Morgan fingerprint density at radius 2 is 1.50 bits per heavy atom. The average Bonchev–Trinajstić information content (AvgIpc) is 3.51. The van der Waals surface area contributed by atoms with Crippen molar-refractivity contribution >= 4 is 28.9 Å². The molecular weight excluding hydrogens is 695 g/mol. The fourth-order valence-electron chi connectivity index (χ4n) is 14.2. The van der Waals surface area contributed by atoms with Gasteiger partial charge in [-0.3, -0.25) is 24.0 Å². The van der Waals surface area contributed by atoms with E-state index in [1.165, 1.54) is 12.2 Å². The lowest BCUT2D eigenvalue weighted by atomic mass is 9.44. The van der Waals surface area contributed by atoms with Crippen molar-refractivity contribution in [3.05, 3.63) is 35.5 Å². The van der Waals surface area contributed by atoms with Crippen LogP contribution in [0.1, 0.15) is 105 Å². The molecule has 0 amide bonds. The van der Waals surface area contributed by atoms with Crippen LogP contribution in [0.15, 0.2) is 35.5 Å². The molecule has 0 spiro atoms. The number of aliphatic hydroxyl groups excluding tert-OH is 3. The normalized spacial score (nSPS) is 50.2. The minimum absolute atomic E-state index is 0.0676. The Balaban J connectivity index is 0.000000167. The number of Topliss-reactive ketones (excluding diaryl/α,β-unsaturated/α-hetero) is 3. The number of fused-ring (bicyclic) bond motifs is 10. The second kappa shape index (κ2) is 12.7. The molecule has 0 radical (unpaired) electrons. The van der Waals surface area contributed by atoms with Crippen LogP contribution < -0.4 is 0 Å². The zero-order valence-electron chi connectivity index (χ0n) is 32.2. The summed E-state index contributed by atoms with van der Waals surface area (Å²) >= 11 is 0. The molecule has 54 heavy (non-hydrogen) atoms. The van der Waals surface area contributed by atoms with Crippen LogP contribution in [-0.2, 0) is 24.0 Å². The number of ketones is 5. The van der Waals surface area contributed by atoms with Crippen molar-refractivity contribution in [1.82, 2.24) is 0 Å². The van der Waals surface area contributed by atoms with Gasteiger partial charge in [0, 0.05) is 40.9 Å². The summed E-state index contributed by atoms with van der Waals surface area (Å²) in [4.78, 5) is 61.9. The Morgan fingerprint density at radius 3 is 2.17 bits per heavy atom. The van der Waals surface area contributed by atoms with E-state index in [2.05, 4.69) is 6.92 Å². The van der Waals surface area contributed by atoms with Gasteiger partial charge in [-0.25, -0.2) is 4.39 Å². The second-order valence-electron chi connectivity index (χ2n) is 19.1. The Labute approximate surface area is 316 Å². The minimum Gasteiger partial charge on any atom is -0.390 e. The number of carbonyl (C=O) groups is 5. The standard InChI is InChI=1S/C22H29FO5.C21H28O5/c1-12-8-16-15-5-4-13-9-14(25)6-7-19(13,2)21(15,23)17(26)10-20(16,3)22(12,28)18(27)11-24;1-19-7-5-13(23)9-12(19)3-4-14-15-6-8-21(26,17(25)11-22)20(15,2)10-16(24)18(14)19/h6-7,9,12,15-17,24,26,28H,4-5,8,10-11H2,1-3H3;9,14-15,18,22,26H,3-8,10-11H2,1-2H3/t12-,15-,16-,17-,19-,20-,21-,22-;14-,15-,18+,19-,20-,21-/m00/s1. The number of hydrogen-bond donors (Lipinski definition) is 5. The molecule has 5 N–H and O–H groups in total. The van der Waals surface area contributed by atoms with Crippen LogP contribution in [0.5, 0.6) is 0 Å². The van der Waals surface area contributed by atoms with E-state index in [-0.39, 0.29) is 59.3 Å². The van der Waals surface area contributed by atoms with Gasteiger partial charge in [-0.15, -0.1) is 0 Å². The summed E-state index contributed by atoms with van der Waals surface area (Å²) in [6, 6.07) is 0. The second-order valence-corrected chi connectivity index (χ2v) is 19.1. The molecule has 8 rings (SSSR count). The largest absolute Gasteiger partial charge is 0.390 e. The van der Waals surface area contributed by atoms with Crippen LogP contribution in [0.25, 0.3) is 0 Å². The molecule has 11 heteroatoms. The third kappa shape index (κ3) is 4.83. The lowest BCUT2D eigenvalue weighted by Crippen LogP contribution is -2.69. The van der Waals surface area contributed by atoms with Crippen molar-refractivity contribution in [2.45, 2.75) is 128 Å². The molecule has 0 aromatic carbocycles. The molecule has 8 aliphatic rings. The summed E-state index contributed by atoms with van der Waals surface area (Å²) in [5.41, 5.74) is -6.72. The van der Waals surface area contributed by atoms with Gasteiger partial charge in [0.1, 0.15) is 30.2 Å². The summed E-state index contributed by atoms with van der Waals surface area (Å²) in [6.45, 7) is 7.79. The summed E-state index contributed by atoms with van der Waals surface area (Å²) < 4.78 is 16.9. The highest BCUT2D eigenvalue weighted by Gasteiger charge is 2.75. The summed E-state index contributed by atoms with van der Waals surface area (Å²) in [7, 11) is 0. The van der Waals surface area contributed by atoms with Gasteiger partial charge in [-0.1, -0.05) is 44.9 Å². The molecule has 6 saturated carbocycles.